The monoisotopic (exact) mass is 459 g/mol. The van der Waals surface area contributed by atoms with Crippen molar-refractivity contribution in [1.29, 1.82) is 0 Å². The molecule has 1 saturated heterocycles. The number of rotatable bonds is 6. The lowest BCUT2D eigenvalue weighted by molar-refractivity contribution is -0.132. The summed E-state index contributed by atoms with van der Waals surface area (Å²) in [5, 5.41) is 5.96. The third-order valence-electron chi connectivity index (χ3n) is 4.53. The van der Waals surface area contributed by atoms with Crippen LogP contribution in [0.2, 0.25) is 5.02 Å². The number of sulfonamides is 1. The van der Waals surface area contributed by atoms with Crippen molar-refractivity contribution in [2.75, 3.05) is 32.7 Å². The fourth-order valence-electron chi connectivity index (χ4n) is 2.90. The van der Waals surface area contributed by atoms with Crippen LogP contribution >= 0.6 is 22.9 Å². The van der Waals surface area contributed by atoms with E-state index >= 15 is 0 Å². The van der Waals surface area contributed by atoms with Crippen molar-refractivity contribution >= 4 is 44.8 Å². The van der Waals surface area contributed by atoms with Crippen LogP contribution in [0.5, 0.6) is 0 Å². The highest BCUT2D eigenvalue weighted by atomic mass is 35.5. The summed E-state index contributed by atoms with van der Waals surface area (Å²) >= 11 is 7.10. The second-order valence-electron chi connectivity index (χ2n) is 6.38. The average Bonchev–Trinajstić information content (AvgIpc) is 3.25. The highest BCUT2D eigenvalue weighted by molar-refractivity contribution is 7.89. The van der Waals surface area contributed by atoms with E-state index in [0.29, 0.717) is 5.56 Å². The van der Waals surface area contributed by atoms with Gasteiger partial charge in [-0.1, -0.05) is 11.6 Å². The van der Waals surface area contributed by atoms with Gasteiger partial charge >= 0.3 is 0 Å². The Hall–Kier alpha value is -2.01. The zero-order valence-electron chi connectivity index (χ0n) is 15.3. The molecule has 1 fully saturated rings. The lowest BCUT2D eigenvalue weighted by Crippen LogP contribution is -2.50. The number of piperazine rings is 1. The van der Waals surface area contributed by atoms with E-state index < -0.39 is 15.8 Å². The van der Waals surface area contributed by atoms with Gasteiger partial charge < -0.3 is 10.2 Å². The first-order chi connectivity index (χ1) is 13.8. The van der Waals surface area contributed by atoms with Gasteiger partial charge in [-0.3, -0.25) is 9.59 Å². The standard InChI is InChI=1S/C18H19ClFN3O4S2/c19-15-11-14(1-2-16(15)20)29(26,27)23-8-6-22(7-9-23)17(24)3-5-21-18(25)13-4-10-28-12-13/h1-2,4,10-12H,3,5-9H2,(H,21,25). The molecule has 1 aliphatic rings. The molecule has 0 radical (unpaired) electrons. The van der Waals surface area contributed by atoms with Crippen LogP contribution in [-0.4, -0.2) is 62.2 Å². The minimum Gasteiger partial charge on any atom is -0.351 e. The van der Waals surface area contributed by atoms with E-state index in [1.807, 2.05) is 0 Å². The number of thiophene rings is 1. The summed E-state index contributed by atoms with van der Waals surface area (Å²) in [6.45, 7) is 0.950. The quantitative estimate of drug-likeness (QED) is 0.717. The maximum atomic E-state index is 13.3. The maximum absolute atomic E-state index is 13.3. The SMILES string of the molecule is O=C(NCCC(=O)N1CCN(S(=O)(=O)c2ccc(F)c(Cl)c2)CC1)c1ccsc1. The number of nitrogens with zero attached hydrogens (tertiary/aromatic N) is 2. The van der Waals surface area contributed by atoms with Crippen LogP contribution in [0.3, 0.4) is 0 Å². The molecule has 2 heterocycles. The summed E-state index contributed by atoms with van der Waals surface area (Å²) in [4.78, 5) is 25.7. The van der Waals surface area contributed by atoms with Gasteiger partial charge in [-0.2, -0.15) is 15.6 Å². The Morgan fingerprint density at radius 2 is 1.90 bits per heavy atom. The smallest absolute Gasteiger partial charge is 0.252 e. The zero-order valence-corrected chi connectivity index (χ0v) is 17.7. The first-order valence-electron chi connectivity index (χ1n) is 8.82. The Morgan fingerprint density at radius 1 is 1.17 bits per heavy atom. The van der Waals surface area contributed by atoms with Crippen molar-refractivity contribution in [3.8, 4) is 0 Å². The van der Waals surface area contributed by atoms with Gasteiger partial charge in [0, 0.05) is 50.1 Å². The fourth-order valence-corrected chi connectivity index (χ4v) is 5.23. The van der Waals surface area contributed by atoms with Crippen molar-refractivity contribution in [2.45, 2.75) is 11.3 Å². The third kappa shape index (κ3) is 5.13. The van der Waals surface area contributed by atoms with Crippen LogP contribution in [0.1, 0.15) is 16.8 Å². The summed E-state index contributed by atoms with van der Waals surface area (Å²) in [7, 11) is -3.82. The summed E-state index contributed by atoms with van der Waals surface area (Å²) in [5.41, 5.74) is 0.558. The molecule has 2 aromatic rings. The Kier molecular flexibility index (Phi) is 6.89. The second kappa shape index (κ2) is 9.21. The van der Waals surface area contributed by atoms with E-state index in [9.17, 15) is 22.4 Å². The molecule has 7 nitrogen and oxygen atoms in total. The molecule has 0 bridgehead atoms. The molecular weight excluding hydrogens is 441 g/mol. The molecule has 0 aliphatic carbocycles. The third-order valence-corrected chi connectivity index (χ3v) is 7.40. The summed E-state index contributed by atoms with van der Waals surface area (Å²) in [6.07, 6.45) is 0.135. The topological polar surface area (TPSA) is 86.8 Å². The van der Waals surface area contributed by atoms with Crippen molar-refractivity contribution in [1.82, 2.24) is 14.5 Å². The molecule has 0 unspecified atom stereocenters. The van der Waals surface area contributed by atoms with Crippen molar-refractivity contribution in [3.05, 3.63) is 51.4 Å². The van der Waals surface area contributed by atoms with Gasteiger partial charge in [-0.25, -0.2) is 12.8 Å². The Morgan fingerprint density at radius 3 is 2.52 bits per heavy atom. The number of benzene rings is 1. The largest absolute Gasteiger partial charge is 0.351 e. The normalized spacial score (nSPS) is 15.3. The highest BCUT2D eigenvalue weighted by Gasteiger charge is 2.30. The maximum Gasteiger partial charge on any atom is 0.252 e. The number of carbonyl (C=O) groups excluding carboxylic acids is 2. The van der Waals surface area contributed by atoms with Gasteiger partial charge in [-0.05, 0) is 29.6 Å². The molecular formula is C18H19ClFN3O4S2. The molecule has 3 rings (SSSR count). The van der Waals surface area contributed by atoms with E-state index in [-0.39, 0.29) is 60.9 Å². The molecule has 1 aromatic carbocycles. The van der Waals surface area contributed by atoms with Crippen molar-refractivity contribution in [2.24, 2.45) is 0 Å². The molecule has 0 saturated carbocycles. The van der Waals surface area contributed by atoms with Crippen LogP contribution in [0.4, 0.5) is 4.39 Å². The first-order valence-corrected chi connectivity index (χ1v) is 11.6. The minimum atomic E-state index is -3.82. The molecule has 156 valence electrons. The average molecular weight is 460 g/mol. The fraction of sp³-hybridized carbons (Fsp3) is 0.333. The van der Waals surface area contributed by atoms with Crippen LogP contribution in [0.25, 0.3) is 0 Å². The number of halogens is 2. The summed E-state index contributed by atoms with van der Waals surface area (Å²) < 4.78 is 39.9. The van der Waals surface area contributed by atoms with Gasteiger partial charge in [0.25, 0.3) is 5.91 Å². The number of amides is 2. The number of carbonyl (C=O) groups is 2. The first kappa shape index (κ1) is 21.7. The summed E-state index contributed by atoms with van der Waals surface area (Å²) in [6, 6.07) is 4.97. The van der Waals surface area contributed by atoms with Gasteiger partial charge in [0.1, 0.15) is 5.82 Å². The van der Waals surface area contributed by atoms with E-state index in [1.165, 1.54) is 21.7 Å². The van der Waals surface area contributed by atoms with Gasteiger partial charge in [0.15, 0.2) is 0 Å². The van der Waals surface area contributed by atoms with Crippen LogP contribution in [-0.2, 0) is 14.8 Å². The van der Waals surface area contributed by atoms with Crippen LogP contribution in [0.15, 0.2) is 39.9 Å². The van der Waals surface area contributed by atoms with Crippen LogP contribution in [0, 0.1) is 5.82 Å². The lowest BCUT2D eigenvalue weighted by Gasteiger charge is -2.34. The Labute approximate surface area is 177 Å². The van der Waals surface area contributed by atoms with Gasteiger partial charge in [0.2, 0.25) is 15.9 Å². The molecule has 11 heteroatoms. The zero-order chi connectivity index (χ0) is 21.0. The van der Waals surface area contributed by atoms with E-state index in [4.69, 9.17) is 11.6 Å². The Balaban J connectivity index is 1.49. The molecule has 2 amide bonds. The van der Waals surface area contributed by atoms with E-state index in [2.05, 4.69) is 5.32 Å². The molecule has 29 heavy (non-hydrogen) atoms. The Bertz CT molecular complexity index is 991. The highest BCUT2D eigenvalue weighted by Crippen LogP contribution is 2.23. The second-order valence-corrected chi connectivity index (χ2v) is 9.50. The lowest BCUT2D eigenvalue weighted by atomic mass is 10.3. The minimum absolute atomic E-state index is 0.0835. The van der Waals surface area contributed by atoms with Gasteiger partial charge in [-0.15, -0.1) is 0 Å². The molecule has 1 aliphatic heterocycles. The molecule has 0 atom stereocenters. The van der Waals surface area contributed by atoms with Gasteiger partial charge in [0.05, 0.1) is 9.92 Å². The van der Waals surface area contributed by atoms with Crippen molar-refractivity contribution < 1.29 is 22.4 Å². The predicted octanol–water partition coefficient (Wildman–Crippen LogP) is 2.19. The number of hydrogen-bond donors (Lipinski definition) is 1. The van der Waals surface area contributed by atoms with Crippen LogP contribution < -0.4 is 5.32 Å². The molecule has 1 N–H and O–H groups in total. The predicted molar refractivity (Wildman–Crippen MR) is 108 cm³/mol. The number of nitrogens with one attached hydrogen (secondary N) is 1. The van der Waals surface area contributed by atoms with E-state index in [1.54, 1.807) is 21.7 Å². The molecule has 1 aromatic heterocycles. The molecule has 0 spiro atoms. The number of hydrogen-bond acceptors (Lipinski definition) is 5. The van der Waals surface area contributed by atoms with Crippen molar-refractivity contribution in [3.63, 3.8) is 0 Å². The van der Waals surface area contributed by atoms with E-state index in [0.717, 1.165) is 12.1 Å². The summed E-state index contributed by atoms with van der Waals surface area (Å²) in [5.74, 6) is -1.07.